The fourth-order valence-corrected chi connectivity index (χ4v) is 3.56. The highest BCUT2D eigenvalue weighted by Crippen LogP contribution is 2.33. The monoisotopic (exact) mass is 423 g/mol. The Morgan fingerprint density at radius 3 is 2.45 bits per heavy atom. The first-order chi connectivity index (χ1) is 14.9. The van der Waals surface area contributed by atoms with Crippen LogP contribution >= 0.6 is 0 Å². The summed E-state index contributed by atoms with van der Waals surface area (Å²) < 4.78 is 15.5. The van der Waals surface area contributed by atoms with E-state index in [1.54, 1.807) is 44.3 Å². The molecule has 1 N–H and O–H groups in total. The number of hydrogen-bond acceptors (Lipinski definition) is 6. The van der Waals surface area contributed by atoms with Crippen molar-refractivity contribution in [2.24, 2.45) is 0 Å². The van der Waals surface area contributed by atoms with Gasteiger partial charge in [-0.05, 0) is 54.8 Å². The van der Waals surface area contributed by atoms with Gasteiger partial charge in [0.15, 0.2) is 11.5 Å². The summed E-state index contributed by atoms with van der Waals surface area (Å²) in [5.74, 6) is 0.446. The molecule has 2 aromatic rings. The lowest BCUT2D eigenvalue weighted by molar-refractivity contribution is -0.136. The van der Waals surface area contributed by atoms with Crippen molar-refractivity contribution >= 4 is 18.0 Å². The molecule has 31 heavy (non-hydrogen) atoms. The molecule has 7 nitrogen and oxygen atoms in total. The SMILES string of the molecule is COC(=O)C1=C(C)N(CCc2ccc(OC)c(OC)c2)C(=O)/C1=C\c1cccc(O)c1. The lowest BCUT2D eigenvalue weighted by Gasteiger charge is -2.18. The van der Waals surface area contributed by atoms with Crippen molar-refractivity contribution in [2.75, 3.05) is 27.9 Å². The number of carbonyl (C=O) groups is 2. The standard InChI is InChI=1S/C24H25NO6/c1-15-22(24(28)31-4)19(13-17-6-5-7-18(26)12-17)23(27)25(15)11-10-16-8-9-20(29-2)21(14-16)30-3/h5-9,12-14,26H,10-11H2,1-4H3/b19-13-. The van der Waals surface area contributed by atoms with Gasteiger partial charge in [-0.1, -0.05) is 18.2 Å². The average Bonchev–Trinajstić information content (AvgIpc) is 3.00. The number of amides is 1. The zero-order valence-corrected chi connectivity index (χ0v) is 18.0. The molecule has 1 aliphatic rings. The summed E-state index contributed by atoms with van der Waals surface area (Å²) in [6, 6.07) is 12.1. The molecular weight excluding hydrogens is 398 g/mol. The molecule has 0 fully saturated rings. The van der Waals surface area contributed by atoms with Gasteiger partial charge in [0.25, 0.3) is 5.91 Å². The van der Waals surface area contributed by atoms with E-state index in [4.69, 9.17) is 14.2 Å². The van der Waals surface area contributed by atoms with Gasteiger partial charge in [-0.3, -0.25) is 4.79 Å². The number of hydrogen-bond donors (Lipinski definition) is 1. The topological polar surface area (TPSA) is 85.3 Å². The van der Waals surface area contributed by atoms with Crippen LogP contribution in [0.1, 0.15) is 18.1 Å². The maximum absolute atomic E-state index is 13.2. The predicted octanol–water partition coefficient (Wildman–Crippen LogP) is 3.32. The number of phenols is 1. The van der Waals surface area contributed by atoms with Crippen molar-refractivity contribution in [3.63, 3.8) is 0 Å². The minimum absolute atomic E-state index is 0.0745. The zero-order valence-electron chi connectivity index (χ0n) is 18.0. The Kier molecular flexibility index (Phi) is 6.65. The Morgan fingerprint density at radius 2 is 1.81 bits per heavy atom. The molecule has 0 aromatic heterocycles. The van der Waals surface area contributed by atoms with Crippen LogP contribution in [0.4, 0.5) is 0 Å². The molecule has 0 bridgehead atoms. The Balaban J connectivity index is 1.90. The van der Waals surface area contributed by atoms with Crippen molar-refractivity contribution < 1.29 is 28.9 Å². The van der Waals surface area contributed by atoms with Crippen LogP contribution in [0.25, 0.3) is 6.08 Å². The van der Waals surface area contributed by atoms with Gasteiger partial charge < -0.3 is 24.2 Å². The number of methoxy groups -OCH3 is 3. The molecular formula is C24H25NO6. The summed E-state index contributed by atoms with van der Waals surface area (Å²) in [6.45, 7) is 2.10. The van der Waals surface area contributed by atoms with E-state index in [1.807, 2.05) is 18.2 Å². The Hall–Kier alpha value is -3.74. The number of rotatable bonds is 7. The van der Waals surface area contributed by atoms with Gasteiger partial charge in [-0.2, -0.15) is 0 Å². The average molecular weight is 423 g/mol. The first kappa shape index (κ1) is 22.0. The molecule has 1 amide bonds. The molecule has 1 aliphatic heterocycles. The molecule has 162 valence electrons. The van der Waals surface area contributed by atoms with Crippen molar-refractivity contribution in [3.8, 4) is 17.2 Å². The number of ether oxygens (including phenoxy) is 3. The number of phenolic OH excluding ortho intramolecular Hbond substituents is 1. The van der Waals surface area contributed by atoms with E-state index in [0.29, 0.717) is 35.7 Å². The van der Waals surface area contributed by atoms with E-state index in [2.05, 4.69) is 0 Å². The second-order valence-corrected chi connectivity index (χ2v) is 7.00. The molecule has 1 heterocycles. The molecule has 0 unspecified atom stereocenters. The fourth-order valence-electron chi connectivity index (χ4n) is 3.56. The summed E-state index contributed by atoms with van der Waals surface area (Å²) >= 11 is 0. The molecule has 0 saturated heterocycles. The Bertz CT molecular complexity index is 1070. The molecule has 0 radical (unpaired) electrons. The minimum atomic E-state index is -0.578. The van der Waals surface area contributed by atoms with Gasteiger partial charge in [0, 0.05) is 12.2 Å². The zero-order chi connectivity index (χ0) is 22.5. The lowest BCUT2D eigenvalue weighted by atomic mass is 10.0. The normalized spacial score (nSPS) is 14.9. The summed E-state index contributed by atoms with van der Waals surface area (Å²) in [7, 11) is 4.42. The van der Waals surface area contributed by atoms with E-state index in [1.165, 1.54) is 19.2 Å². The van der Waals surface area contributed by atoms with Gasteiger partial charge in [0.05, 0.1) is 32.5 Å². The Labute approximate surface area is 181 Å². The first-order valence-electron chi connectivity index (χ1n) is 9.72. The predicted molar refractivity (Wildman–Crippen MR) is 116 cm³/mol. The number of allylic oxidation sites excluding steroid dienone is 1. The maximum atomic E-state index is 13.2. The van der Waals surface area contributed by atoms with E-state index < -0.39 is 5.97 Å². The van der Waals surface area contributed by atoms with Gasteiger partial charge in [-0.15, -0.1) is 0 Å². The van der Waals surface area contributed by atoms with Crippen molar-refractivity contribution in [1.82, 2.24) is 4.90 Å². The first-order valence-corrected chi connectivity index (χ1v) is 9.72. The molecule has 2 aromatic carbocycles. The van der Waals surface area contributed by atoms with E-state index in [-0.39, 0.29) is 22.8 Å². The number of esters is 1. The molecule has 3 rings (SSSR count). The molecule has 7 heteroatoms. The van der Waals surface area contributed by atoms with Crippen LogP contribution in [0, 0.1) is 0 Å². The van der Waals surface area contributed by atoms with Crippen LogP contribution in [0.5, 0.6) is 17.2 Å². The summed E-state index contributed by atoms with van der Waals surface area (Å²) in [5, 5.41) is 9.72. The van der Waals surface area contributed by atoms with Crippen LogP contribution in [-0.4, -0.2) is 49.8 Å². The van der Waals surface area contributed by atoms with E-state index in [9.17, 15) is 14.7 Å². The third kappa shape index (κ3) is 4.55. The summed E-state index contributed by atoms with van der Waals surface area (Å²) in [4.78, 5) is 27.2. The van der Waals surface area contributed by atoms with Crippen molar-refractivity contribution in [3.05, 3.63) is 70.4 Å². The number of aromatic hydroxyl groups is 1. The Morgan fingerprint density at radius 1 is 1.06 bits per heavy atom. The lowest BCUT2D eigenvalue weighted by Crippen LogP contribution is -2.27. The summed E-state index contributed by atoms with van der Waals surface area (Å²) in [6.07, 6.45) is 2.14. The maximum Gasteiger partial charge on any atom is 0.340 e. The van der Waals surface area contributed by atoms with Gasteiger partial charge >= 0.3 is 5.97 Å². The van der Waals surface area contributed by atoms with E-state index in [0.717, 1.165) is 5.56 Å². The second-order valence-electron chi connectivity index (χ2n) is 7.00. The molecule has 0 saturated carbocycles. The van der Waals surface area contributed by atoms with Crippen molar-refractivity contribution in [2.45, 2.75) is 13.3 Å². The van der Waals surface area contributed by atoms with Crippen LogP contribution in [-0.2, 0) is 20.7 Å². The van der Waals surface area contributed by atoms with Crippen LogP contribution < -0.4 is 9.47 Å². The van der Waals surface area contributed by atoms with Crippen molar-refractivity contribution in [1.29, 1.82) is 0 Å². The minimum Gasteiger partial charge on any atom is -0.508 e. The van der Waals surface area contributed by atoms with Gasteiger partial charge in [0.2, 0.25) is 0 Å². The number of benzene rings is 2. The fraction of sp³-hybridized carbons (Fsp3) is 0.250. The highest BCUT2D eigenvalue weighted by atomic mass is 16.5. The van der Waals surface area contributed by atoms with Gasteiger partial charge in [0.1, 0.15) is 5.75 Å². The molecule has 0 aliphatic carbocycles. The highest BCUT2D eigenvalue weighted by molar-refractivity contribution is 6.16. The largest absolute Gasteiger partial charge is 0.508 e. The number of nitrogens with zero attached hydrogens (tertiary/aromatic N) is 1. The highest BCUT2D eigenvalue weighted by Gasteiger charge is 2.36. The number of carbonyl (C=O) groups excluding carboxylic acids is 2. The molecule has 0 spiro atoms. The third-order valence-corrected chi connectivity index (χ3v) is 5.15. The molecule has 0 atom stereocenters. The quantitative estimate of drug-likeness (QED) is 0.543. The van der Waals surface area contributed by atoms with Gasteiger partial charge in [-0.25, -0.2) is 4.79 Å². The van der Waals surface area contributed by atoms with Crippen LogP contribution in [0.3, 0.4) is 0 Å². The van der Waals surface area contributed by atoms with Crippen LogP contribution in [0.15, 0.2) is 59.3 Å². The van der Waals surface area contributed by atoms with E-state index >= 15 is 0 Å². The summed E-state index contributed by atoms with van der Waals surface area (Å²) in [5.41, 5.74) is 2.57. The second kappa shape index (κ2) is 9.38. The third-order valence-electron chi connectivity index (χ3n) is 5.15. The smallest absolute Gasteiger partial charge is 0.340 e. The van der Waals surface area contributed by atoms with Crippen LogP contribution in [0.2, 0.25) is 0 Å².